The van der Waals surface area contributed by atoms with E-state index >= 15 is 0 Å². The van der Waals surface area contributed by atoms with Gasteiger partial charge in [0.15, 0.2) is 0 Å². The van der Waals surface area contributed by atoms with Crippen molar-refractivity contribution in [1.82, 2.24) is 9.88 Å². The molecule has 1 heterocycles. The average molecular weight is 566 g/mol. The Kier molecular flexibility index (Phi) is 9.40. The lowest BCUT2D eigenvalue weighted by Crippen LogP contribution is -2.29. The number of nitrogens with zero attached hydrogens (tertiary/aromatic N) is 2. The van der Waals surface area contributed by atoms with Crippen LogP contribution in [0.25, 0.3) is 17.0 Å². The minimum atomic E-state index is -0.850. The SMILES string of the molecule is CC(C)(C)OC(=O)Cn1cc(/C=C(\NC(=O)OCc2ccccc2)C(=O)OCc2ccccc2)c2cc(C#N)ccc21. The van der Waals surface area contributed by atoms with Gasteiger partial charge in [0.2, 0.25) is 0 Å². The molecule has 9 heteroatoms. The number of nitrogens with one attached hydrogen (secondary N) is 1. The lowest BCUT2D eigenvalue weighted by Gasteiger charge is -2.19. The van der Waals surface area contributed by atoms with E-state index in [0.29, 0.717) is 22.0 Å². The van der Waals surface area contributed by atoms with Crippen molar-refractivity contribution in [3.05, 3.63) is 113 Å². The van der Waals surface area contributed by atoms with Crippen LogP contribution in [-0.2, 0) is 43.6 Å². The first-order valence-electron chi connectivity index (χ1n) is 13.3. The van der Waals surface area contributed by atoms with E-state index in [1.54, 1.807) is 49.7 Å². The number of carbonyl (C=O) groups excluding carboxylic acids is 3. The van der Waals surface area contributed by atoms with Crippen LogP contribution in [0.1, 0.15) is 43.0 Å². The molecule has 1 aromatic heterocycles. The summed E-state index contributed by atoms with van der Waals surface area (Å²) in [7, 11) is 0. The van der Waals surface area contributed by atoms with Crippen LogP contribution in [0.5, 0.6) is 0 Å². The monoisotopic (exact) mass is 565 g/mol. The summed E-state index contributed by atoms with van der Waals surface area (Å²) in [6, 6.07) is 25.3. The van der Waals surface area contributed by atoms with E-state index in [1.807, 2.05) is 60.7 Å². The summed E-state index contributed by atoms with van der Waals surface area (Å²) in [5, 5.41) is 12.6. The molecule has 3 aromatic carbocycles. The van der Waals surface area contributed by atoms with E-state index in [4.69, 9.17) is 14.2 Å². The van der Waals surface area contributed by atoms with Crippen molar-refractivity contribution in [3.8, 4) is 6.07 Å². The first-order valence-corrected chi connectivity index (χ1v) is 13.3. The van der Waals surface area contributed by atoms with Gasteiger partial charge < -0.3 is 18.8 Å². The van der Waals surface area contributed by atoms with Crippen LogP contribution < -0.4 is 5.32 Å². The summed E-state index contributed by atoms with van der Waals surface area (Å²) in [4.78, 5) is 38.6. The van der Waals surface area contributed by atoms with Crippen LogP contribution >= 0.6 is 0 Å². The van der Waals surface area contributed by atoms with E-state index < -0.39 is 23.6 Å². The van der Waals surface area contributed by atoms with Gasteiger partial charge in [-0.3, -0.25) is 10.1 Å². The smallest absolute Gasteiger partial charge is 0.412 e. The number of nitriles is 1. The first kappa shape index (κ1) is 29.6. The molecule has 9 nitrogen and oxygen atoms in total. The van der Waals surface area contributed by atoms with Crippen LogP contribution in [0, 0.1) is 11.3 Å². The Balaban J connectivity index is 1.66. The number of esters is 2. The van der Waals surface area contributed by atoms with Gasteiger partial charge in [-0.25, -0.2) is 9.59 Å². The maximum Gasteiger partial charge on any atom is 0.412 e. The molecule has 1 amide bonds. The Morgan fingerprint density at radius 3 is 2.12 bits per heavy atom. The number of fused-ring (bicyclic) bond motifs is 1. The van der Waals surface area contributed by atoms with Gasteiger partial charge in [0.25, 0.3) is 0 Å². The lowest BCUT2D eigenvalue weighted by molar-refractivity contribution is -0.155. The van der Waals surface area contributed by atoms with Gasteiger partial charge in [0.1, 0.15) is 31.1 Å². The zero-order valence-corrected chi connectivity index (χ0v) is 23.6. The molecule has 0 bridgehead atoms. The molecular formula is C33H31N3O6. The Bertz CT molecular complexity index is 1640. The summed E-state index contributed by atoms with van der Waals surface area (Å²) in [6.45, 7) is 5.22. The highest BCUT2D eigenvalue weighted by atomic mass is 16.6. The Morgan fingerprint density at radius 1 is 0.905 bits per heavy atom. The third-order valence-electron chi connectivity index (χ3n) is 5.94. The normalized spacial score (nSPS) is 11.4. The summed E-state index contributed by atoms with van der Waals surface area (Å²) >= 11 is 0. The standard InChI is InChI=1S/C33H31N3O6/c1-33(2,3)42-30(37)20-36-19-26(27-16-25(18-34)14-15-29(27)36)17-28(31(38)40-21-23-10-6-4-7-11-23)35-32(39)41-22-24-12-8-5-9-13-24/h4-17,19H,20-22H2,1-3H3,(H,35,39)/b28-17-. The van der Waals surface area contributed by atoms with Crippen molar-refractivity contribution < 1.29 is 28.6 Å². The Labute approximate surface area is 243 Å². The van der Waals surface area contributed by atoms with Crippen molar-refractivity contribution >= 4 is 35.0 Å². The van der Waals surface area contributed by atoms with Gasteiger partial charge in [-0.05, 0) is 56.2 Å². The third kappa shape index (κ3) is 8.32. The summed E-state index contributed by atoms with van der Waals surface area (Å²) in [5.41, 5.74) is 2.19. The Hall–Kier alpha value is -5.36. The summed E-state index contributed by atoms with van der Waals surface area (Å²) < 4.78 is 18.0. The van der Waals surface area contributed by atoms with Crippen LogP contribution in [0.2, 0.25) is 0 Å². The molecular weight excluding hydrogens is 534 g/mol. The predicted octanol–water partition coefficient (Wildman–Crippen LogP) is 5.87. The lowest BCUT2D eigenvalue weighted by atomic mass is 10.1. The number of aromatic nitrogens is 1. The highest BCUT2D eigenvalue weighted by molar-refractivity contribution is 6.00. The topological polar surface area (TPSA) is 120 Å². The molecule has 0 atom stereocenters. The van der Waals surface area contributed by atoms with Crippen molar-refractivity contribution in [2.24, 2.45) is 0 Å². The second-order valence-corrected chi connectivity index (χ2v) is 10.4. The quantitative estimate of drug-likeness (QED) is 0.153. The molecule has 0 spiro atoms. The summed E-state index contributed by atoms with van der Waals surface area (Å²) in [6.07, 6.45) is 2.24. The van der Waals surface area contributed by atoms with Gasteiger partial charge in [-0.1, -0.05) is 60.7 Å². The van der Waals surface area contributed by atoms with Gasteiger partial charge in [-0.15, -0.1) is 0 Å². The zero-order valence-electron chi connectivity index (χ0n) is 23.6. The number of alkyl carbamates (subject to hydrolysis) is 1. The number of carbonyl (C=O) groups is 3. The van der Waals surface area contributed by atoms with Gasteiger partial charge in [-0.2, -0.15) is 5.26 Å². The van der Waals surface area contributed by atoms with E-state index in [0.717, 1.165) is 11.1 Å². The molecule has 0 fully saturated rings. The van der Waals surface area contributed by atoms with Crippen molar-refractivity contribution in [2.45, 2.75) is 46.1 Å². The number of ether oxygens (including phenoxy) is 3. The van der Waals surface area contributed by atoms with Crippen LogP contribution in [0.4, 0.5) is 4.79 Å². The molecule has 0 unspecified atom stereocenters. The number of amides is 1. The maximum absolute atomic E-state index is 13.2. The number of hydrogen-bond acceptors (Lipinski definition) is 7. The molecule has 214 valence electrons. The van der Waals surface area contributed by atoms with Crippen LogP contribution in [-0.4, -0.2) is 28.2 Å². The molecule has 0 saturated heterocycles. The number of hydrogen-bond donors (Lipinski definition) is 1. The van der Waals surface area contributed by atoms with Crippen molar-refractivity contribution in [1.29, 1.82) is 5.26 Å². The second-order valence-electron chi connectivity index (χ2n) is 10.4. The first-order chi connectivity index (χ1) is 20.1. The van der Waals surface area contributed by atoms with Gasteiger partial charge in [0, 0.05) is 22.7 Å². The van der Waals surface area contributed by atoms with Crippen molar-refractivity contribution in [3.63, 3.8) is 0 Å². The van der Waals surface area contributed by atoms with Crippen LogP contribution in [0.15, 0.2) is 90.8 Å². The van der Waals surface area contributed by atoms with E-state index in [-0.39, 0.29) is 25.5 Å². The minimum absolute atomic E-state index is 0.000256. The van der Waals surface area contributed by atoms with Crippen LogP contribution in [0.3, 0.4) is 0 Å². The minimum Gasteiger partial charge on any atom is -0.459 e. The molecule has 4 rings (SSSR count). The zero-order chi connectivity index (χ0) is 30.1. The highest BCUT2D eigenvalue weighted by Gasteiger charge is 2.21. The van der Waals surface area contributed by atoms with Gasteiger partial charge in [0.05, 0.1) is 11.6 Å². The van der Waals surface area contributed by atoms with E-state index in [9.17, 15) is 19.6 Å². The second kappa shape index (κ2) is 13.3. The fourth-order valence-corrected chi connectivity index (χ4v) is 4.12. The molecule has 0 aliphatic rings. The number of benzene rings is 3. The third-order valence-corrected chi connectivity index (χ3v) is 5.94. The van der Waals surface area contributed by atoms with Crippen molar-refractivity contribution in [2.75, 3.05) is 0 Å². The molecule has 0 radical (unpaired) electrons. The fraction of sp³-hybridized carbons (Fsp3) is 0.212. The molecule has 0 aliphatic heterocycles. The highest BCUT2D eigenvalue weighted by Crippen LogP contribution is 2.26. The molecule has 4 aromatic rings. The molecule has 0 aliphatic carbocycles. The van der Waals surface area contributed by atoms with E-state index in [2.05, 4.69) is 11.4 Å². The molecule has 42 heavy (non-hydrogen) atoms. The molecule has 0 saturated carbocycles. The van der Waals surface area contributed by atoms with E-state index in [1.165, 1.54) is 6.08 Å². The Morgan fingerprint density at radius 2 is 1.52 bits per heavy atom. The molecule has 1 N–H and O–H groups in total. The maximum atomic E-state index is 13.2. The average Bonchev–Trinajstić information content (AvgIpc) is 3.30. The summed E-state index contributed by atoms with van der Waals surface area (Å²) in [5.74, 6) is -1.25. The largest absolute Gasteiger partial charge is 0.459 e. The fourth-order valence-electron chi connectivity index (χ4n) is 4.12. The predicted molar refractivity (Wildman–Crippen MR) is 156 cm³/mol. The number of rotatable bonds is 9. The van der Waals surface area contributed by atoms with Gasteiger partial charge >= 0.3 is 18.0 Å².